The Hall–Kier alpha value is -3.09. The maximum absolute atomic E-state index is 9.90. The van der Waals surface area contributed by atoms with Gasteiger partial charge in [0.15, 0.2) is 0 Å². The van der Waals surface area contributed by atoms with Gasteiger partial charge < -0.3 is 15.4 Å². The first-order valence-electron chi connectivity index (χ1n) is 8.80. The monoisotopic (exact) mass is 359 g/mol. The molecule has 3 N–H and O–H groups in total. The molecule has 0 unspecified atom stereocenters. The van der Waals surface area contributed by atoms with Crippen molar-refractivity contribution in [1.82, 2.24) is 19.5 Å². The summed E-state index contributed by atoms with van der Waals surface area (Å²) in [6.07, 6.45) is 1.79. The van der Waals surface area contributed by atoms with Crippen LogP contribution in [-0.4, -0.2) is 24.6 Å². The van der Waals surface area contributed by atoms with Crippen molar-refractivity contribution in [3.05, 3.63) is 65.7 Å². The summed E-state index contributed by atoms with van der Waals surface area (Å²) in [5.41, 5.74) is 13.4. The van der Waals surface area contributed by atoms with Gasteiger partial charge in [0.05, 0.1) is 46.7 Å². The van der Waals surface area contributed by atoms with Crippen molar-refractivity contribution in [3.63, 3.8) is 0 Å². The number of aliphatic hydroxyl groups is 1. The summed E-state index contributed by atoms with van der Waals surface area (Å²) in [7, 11) is 1.97. The van der Waals surface area contributed by atoms with Crippen LogP contribution in [-0.2, 0) is 20.2 Å². The Kier molecular flexibility index (Phi) is 4.43. The Morgan fingerprint density at radius 2 is 1.85 bits per heavy atom. The Labute approximate surface area is 157 Å². The first-order valence-corrected chi connectivity index (χ1v) is 8.80. The lowest BCUT2D eigenvalue weighted by molar-refractivity contribution is 0.277. The van der Waals surface area contributed by atoms with Crippen molar-refractivity contribution in [1.29, 1.82) is 0 Å². The largest absolute Gasteiger partial charge is 0.390 e. The Morgan fingerprint density at radius 1 is 1.04 bits per heavy atom. The predicted octanol–water partition coefficient (Wildman–Crippen LogP) is 2.96. The summed E-state index contributed by atoms with van der Waals surface area (Å²) in [4.78, 5) is 13.9. The lowest BCUT2D eigenvalue weighted by Crippen LogP contribution is -2.04. The smallest absolute Gasteiger partial charge is 0.0955 e. The third-order valence-corrected chi connectivity index (χ3v) is 4.73. The second kappa shape index (κ2) is 6.90. The molecule has 0 aliphatic rings. The molecule has 0 saturated heterocycles. The van der Waals surface area contributed by atoms with Crippen LogP contribution < -0.4 is 5.73 Å². The highest BCUT2D eigenvalue weighted by Crippen LogP contribution is 2.29. The molecule has 2 aromatic heterocycles. The number of fused-ring (bicyclic) bond motifs is 1. The van der Waals surface area contributed by atoms with E-state index in [1.807, 2.05) is 61.0 Å². The van der Waals surface area contributed by atoms with E-state index in [9.17, 15) is 5.11 Å². The lowest BCUT2D eigenvalue weighted by atomic mass is 10.0. The summed E-state index contributed by atoms with van der Waals surface area (Å²) >= 11 is 0. The fraction of sp³-hybridized carbons (Fsp3) is 0.190. The fourth-order valence-corrected chi connectivity index (χ4v) is 3.30. The summed E-state index contributed by atoms with van der Waals surface area (Å²) in [6, 6.07) is 13.9. The van der Waals surface area contributed by atoms with Crippen molar-refractivity contribution < 1.29 is 5.11 Å². The van der Waals surface area contributed by atoms with Crippen molar-refractivity contribution in [2.24, 2.45) is 12.8 Å². The number of hydrogen-bond donors (Lipinski definition) is 2. The van der Waals surface area contributed by atoms with Gasteiger partial charge in [0.25, 0.3) is 0 Å². The molecule has 0 aliphatic carbocycles. The van der Waals surface area contributed by atoms with Crippen molar-refractivity contribution in [2.75, 3.05) is 0 Å². The van der Waals surface area contributed by atoms with E-state index < -0.39 is 0 Å². The standard InChI is InChI=1S/C21H21N5O/c1-13-20(16-6-7-19-17(9-16)23-12-26(19)2)25-18(11-27)21(24-13)15-5-3-4-14(8-15)10-22/h3-9,12,27H,10-11,22H2,1-2H3. The fourth-order valence-electron chi connectivity index (χ4n) is 3.30. The van der Waals surface area contributed by atoms with Gasteiger partial charge in [0.2, 0.25) is 0 Å². The summed E-state index contributed by atoms with van der Waals surface area (Å²) in [6.45, 7) is 2.20. The molecule has 0 spiro atoms. The maximum Gasteiger partial charge on any atom is 0.0955 e. The van der Waals surface area contributed by atoms with Crippen LogP contribution in [0, 0.1) is 6.92 Å². The molecule has 4 rings (SSSR count). The summed E-state index contributed by atoms with van der Waals surface area (Å²) in [5, 5.41) is 9.90. The molecule has 2 aromatic carbocycles. The van der Waals surface area contributed by atoms with Crippen LogP contribution in [0.3, 0.4) is 0 Å². The zero-order chi connectivity index (χ0) is 19.0. The molecule has 27 heavy (non-hydrogen) atoms. The first-order chi connectivity index (χ1) is 13.1. The SMILES string of the molecule is Cc1nc(-c2cccc(CN)c2)c(CO)nc1-c1ccc2c(c1)ncn2C. The quantitative estimate of drug-likeness (QED) is 0.585. The number of aromatic nitrogens is 4. The Balaban J connectivity index is 1.84. The normalized spacial score (nSPS) is 11.3. The minimum absolute atomic E-state index is 0.186. The van der Waals surface area contributed by atoms with Crippen LogP contribution in [0.1, 0.15) is 17.0 Å². The van der Waals surface area contributed by atoms with Gasteiger partial charge in [0.1, 0.15) is 0 Å². The molecular weight excluding hydrogens is 338 g/mol. The van der Waals surface area contributed by atoms with Crippen LogP contribution in [0.4, 0.5) is 0 Å². The van der Waals surface area contributed by atoms with Gasteiger partial charge in [-0.05, 0) is 30.7 Å². The maximum atomic E-state index is 9.90. The molecule has 0 bridgehead atoms. The molecule has 0 amide bonds. The number of nitrogens with zero attached hydrogens (tertiary/aromatic N) is 4. The first kappa shape index (κ1) is 17.3. The van der Waals surface area contributed by atoms with Crippen molar-refractivity contribution in [3.8, 4) is 22.5 Å². The van der Waals surface area contributed by atoms with Gasteiger partial charge in [-0.15, -0.1) is 0 Å². The van der Waals surface area contributed by atoms with E-state index in [0.717, 1.165) is 39.1 Å². The Morgan fingerprint density at radius 3 is 2.63 bits per heavy atom. The average Bonchev–Trinajstić information content (AvgIpc) is 3.08. The number of imidazole rings is 1. The van der Waals surface area contributed by atoms with Crippen LogP contribution in [0.15, 0.2) is 48.8 Å². The topological polar surface area (TPSA) is 89.8 Å². The molecule has 0 radical (unpaired) electrons. The number of aryl methyl sites for hydroxylation is 2. The second-order valence-electron chi connectivity index (χ2n) is 6.57. The molecule has 6 nitrogen and oxygen atoms in total. The van der Waals surface area contributed by atoms with Crippen molar-refractivity contribution >= 4 is 11.0 Å². The molecule has 6 heteroatoms. The van der Waals surface area contributed by atoms with Gasteiger partial charge in [-0.3, -0.25) is 0 Å². The molecule has 2 heterocycles. The molecule has 0 aliphatic heterocycles. The van der Waals surface area contributed by atoms with E-state index >= 15 is 0 Å². The summed E-state index contributed by atoms with van der Waals surface area (Å²) < 4.78 is 1.98. The van der Waals surface area contributed by atoms with Gasteiger partial charge in [-0.2, -0.15) is 0 Å². The number of rotatable bonds is 4. The third kappa shape index (κ3) is 3.09. The zero-order valence-corrected chi connectivity index (χ0v) is 15.3. The van der Waals surface area contributed by atoms with E-state index in [1.165, 1.54) is 0 Å². The van der Waals surface area contributed by atoms with E-state index in [1.54, 1.807) is 6.33 Å². The van der Waals surface area contributed by atoms with Gasteiger partial charge >= 0.3 is 0 Å². The van der Waals surface area contributed by atoms with E-state index in [4.69, 9.17) is 15.7 Å². The molecular formula is C21H21N5O. The van der Waals surface area contributed by atoms with Crippen LogP contribution in [0.5, 0.6) is 0 Å². The van der Waals surface area contributed by atoms with Crippen molar-refractivity contribution in [2.45, 2.75) is 20.1 Å². The highest BCUT2D eigenvalue weighted by Gasteiger charge is 2.15. The highest BCUT2D eigenvalue weighted by molar-refractivity contribution is 5.82. The van der Waals surface area contributed by atoms with E-state index in [0.29, 0.717) is 17.9 Å². The minimum atomic E-state index is -0.186. The molecule has 0 fully saturated rings. The second-order valence-corrected chi connectivity index (χ2v) is 6.57. The number of benzene rings is 2. The van der Waals surface area contributed by atoms with Crippen LogP contribution in [0.25, 0.3) is 33.5 Å². The Bertz CT molecular complexity index is 1130. The number of aliphatic hydroxyl groups excluding tert-OH is 1. The number of nitrogens with two attached hydrogens (primary N) is 1. The predicted molar refractivity (Wildman–Crippen MR) is 106 cm³/mol. The van der Waals surface area contributed by atoms with Crippen LogP contribution >= 0.6 is 0 Å². The van der Waals surface area contributed by atoms with E-state index in [-0.39, 0.29) is 6.61 Å². The number of hydrogen-bond acceptors (Lipinski definition) is 5. The molecule has 136 valence electrons. The summed E-state index contributed by atoms with van der Waals surface area (Å²) in [5.74, 6) is 0. The minimum Gasteiger partial charge on any atom is -0.390 e. The molecule has 4 aromatic rings. The van der Waals surface area contributed by atoms with Gasteiger partial charge in [0, 0.05) is 24.7 Å². The lowest BCUT2D eigenvalue weighted by Gasteiger charge is -2.13. The molecule has 0 saturated carbocycles. The van der Waals surface area contributed by atoms with E-state index in [2.05, 4.69) is 4.98 Å². The van der Waals surface area contributed by atoms with Gasteiger partial charge in [-0.1, -0.05) is 24.3 Å². The molecule has 0 atom stereocenters. The third-order valence-electron chi connectivity index (χ3n) is 4.73. The average molecular weight is 359 g/mol. The zero-order valence-electron chi connectivity index (χ0n) is 15.3. The highest BCUT2D eigenvalue weighted by atomic mass is 16.3. The van der Waals surface area contributed by atoms with Gasteiger partial charge in [-0.25, -0.2) is 15.0 Å². The van der Waals surface area contributed by atoms with Crippen LogP contribution in [0.2, 0.25) is 0 Å².